The summed E-state index contributed by atoms with van der Waals surface area (Å²) < 4.78 is 0. The molecular weight excluding hydrogens is 344 g/mol. The molecule has 0 radical (unpaired) electrons. The zero-order chi connectivity index (χ0) is 17.4. The second-order valence-corrected chi connectivity index (χ2v) is 6.98. The normalized spacial score (nSPS) is 21.1. The fourth-order valence-electron chi connectivity index (χ4n) is 3.49. The summed E-state index contributed by atoms with van der Waals surface area (Å²) in [5.74, 6) is 0.356. The molecular formula is C22H23ClN2O. The quantitative estimate of drug-likeness (QED) is 0.674. The summed E-state index contributed by atoms with van der Waals surface area (Å²) in [7, 11) is 0. The number of amides is 1. The molecule has 0 saturated heterocycles. The molecule has 3 aromatic carbocycles. The largest absolute Gasteiger partial charge is 0.325 e. The maximum atomic E-state index is 12.5. The number of nitrogens with one attached hydrogen (secondary N) is 1. The molecule has 0 aromatic heterocycles. The molecule has 2 atom stereocenters. The summed E-state index contributed by atoms with van der Waals surface area (Å²) >= 11 is 0. The van der Waals surface area contributed by atoms with E-state index in [4.69, 9.17) is 5.73 Å². The molecule has 2 unspecified atom stereocenters. The molecule has 134 valence electrons. The summed E-state index contributed by atoms with van der Waals surface area (Å²) in [6.45, 7) is 2.14. The maximum Gasteiger partial charge on any atom is 0.255 e. The van der Waals surface area contributed by atoms with Gasteiger partial charge in [-0.1, -0.05) is 49.4 Å². The first-order valence-electron chi connectivity index (χ1n) is 8.78. The Labute approximate surface area is 160 Å². The van der Waals surface area contributed by atoms with Crippen LogP contribution in [0.5, 0.6) is 0 Å². The predicted octanol–water partition coefficient (Wildman–Crippen LogP) is 5.11. The van der Waals surface area contributed by atoms with Crippen molar-refractivity contribution in [3.8, 4) is 0 Å². The molecule has 0 aliphatic heterocycles. The number of benzene rings is 3. The molecule has 3 nitrogen and oxygen atoms in total. The third-order valence-corrected chi connectivity index (χ3v) is 5.36. The minimum absolute atomic E-state index is 0. The van der Waals surface area contributed by atoms with Crippen LogP contribution < -0.4 is 11.1 Å². The first kappa shape index (κ1) is 18.4. The number of carbonyl (C=O) groups excluding carboxylic acids is 1. The number of anilines is 1. The van der Waals surface area contributed by atoms with Crippen molar-refractivity contribution >= 4 is 34.8 Å². The number of halogens is 1. The van der Waals surface area contributed by atoms with Crippen LogP contribution in [0.3, 0.4) is 0 Å². The van der Waals surface area contributed by atoms with Crippen LogP contribution in [0.4, 0.5) is 5.69 Å². The molecule has 1 amide bonds. The highest BCUT2D eigenvalue weighted by molar-refractivity contribution is 6.06. The van der Waals surface area contributed by atoms with Crippen LogP contribution in [0.2, 0.25) is 0 Å². The van der Waals surface area contributed by atoms with Gasteiger partial charge in [0.1, 0.15) is 0 Å². The Morgan fingerprint density at radius 3 is 2.42 bits per heavy atom. The molecule has 26 heavy (non-hydrogen) atoms. The Balaban J connectivity index is 0.00000196. The van der Waals surface area contributed by atoms with Gasteiger partial charge in [0.25, 0.3) is 5.91 Å². The van der Waals surface area contributed by atoms with Gasteiger partial charge in [-0.25, -0.2) is 0 Å². The van der Waals surface area contributed by atoms with Crippen LogP contribution in [-0.2, 0) is 0 Å². The van der Waals surface area contributed by atoms with Gasteiger partial charge >= 0.3 is 0 Å². The molecule has 3 N–H and O–H groups in total. The predicted molar refractivity (Wildman–Crippen MR) is 110 cm³/mol. The van der Waals surface area contributed by atoms with Gasteiger partial charge in [-0.15, -0.1) is 12.4 Å². The van der Waals surface area contributed by atoms with Gasteiger partial charge in [0, 0.05) is 22.7 Å². The van der Waals surface area contributed by atoms with Crippen molar-refractivity contribution in [2.75, 3.05) is 5.32 Å². The van der Waals surface area contributed by atoms with Gasteiger partial charge in [0.05, 0.1) is 0 Å². The topological polar surface area (TPSA) is 55.1 Å². The van der Waals surface area contributed by atoms with E-state index in [-0.39, 0.29) is 23.9 Å². The lowest BCUT2D eigenvalue weighted by Gasteiger charge is -2.10. The monoisotopic (exact) mass is 366 g/mol. The molecule has 4 rings (SSSR count). The van der Waals surface area contributed by atoms with Crippen molar-refractivity contribution in [3.63, 3.8) is 0 Å². The zero-order valence-electron chi connectivity index (χ0n) is 14.7. The van der Waals surface area contributed by atoms with E-state index in [9.17, 15) is 4.79 Å². The van der Waals surface area contributed by atoms with Gasteiger partial charge < -0.3 is 11.1 Å². The number of nitrogens with two attached hydrogens (primary N) is 1. The van der Waals surface area contributed by atoms with E-state index < -0.39 is 0 Å². The Hall–Kier alpha value is -2.36. The number of hydrogen-bond acceptors (Lipinski definition) is 2. The van der Waals surface area contributed by atoms with Gasteiger partial charge in [0.15, 0.2) is 0 Å². The van der Waals surface area contributed by atoms with Gasteiger partial charge in [-0.05, 0) is 53.4 Å². The summed E-state index contributed by atoms with van der Waals surface area (Å²) in [5, 5.41) is 5.18. The Kier molecular flexibility index (Phi) is 5.03. The first-order chi connectivity index (χ1) is 12.1. The molecule has 0 bridgehead atoms. The van der Waals surface area contributed by atoms with Gasteiger partial charge in [0.2, 0.25) is 0 Å². The van der Waals surface area contributed by atoms with Crippen molar-refractivity contribution in [1.82, 2.24) is 0 Å². The van der Waals surface area contributed by atoms with E-state index in [1.165, 1.54) is 5.56 Å². The molecule has 0 heterocycles. The third kappa shape index (κ3) is 3.46. The highest BCUT2D eigenvalue weighted by Gasteiger charge is 2.49. The molecule has 1 saturated carbocycles. The molecule has 4 heteroatoms. The minimum Gasteiger partial charge on any atom is -0.325 e. The number of carbonyl (C=O) groups is 1. The van der Waals surface area contributed by atoms with Crippen molar-refractivity contribution in [2.45, 2.75) is 31.2 Å². The fraction of sp³-hybridized carbons (Fsp3) is 0.227. The maximum absolute atomic E-state index is 12.5. The van der Waals surface area contributed by atoms with Crippen molar-refractivity contribution in [1.29, 1.82) is 0 Å². The van der Waals surface area contributed by atoms with Crippen LogP contribution >= 0.6 is 12.4 Å². The second-order valence-electron chi connectivity index (χ2n) is 6.98. The minimum atomic E-state index is -0.0911. The lowest BCUT2D eigenvalue weighted by atomic mass is 10.0. The van der Waals surface area contributed by atoms with Gasteiger partial charge in [-0.2, -0.15) is 0 Å². The van der Waals surface area contributed by atoms with Crippen molar-refractivity contribution < 1.29 is 4.79 Å². The summed E-state index contributed by atoms with van der Waals surface area (Å²) in [6, 6.07) is 21.9. The van der Waals surface area contributed by atoms with Crippen LogP contribution in [0, 0.1) is 0 Å². The number of hydrogen-bond donors (Lipinski definition) is 2. The van der Waals surface area contributed by atoms with E-state index in [0.717, 1.165) is 29.3 Å². The summed E-state index contributed by atoms with van der Waals surface area (Å²) in [4.78, 5) is 12.5. The van der Waals surface area contributed by atoms with E-state index in [1.807, 2.05) is 54.6 Å². The van der Waals surface area contributed by atoms with Crippen LogP contribution in [-0.4, -0.2) is 11.4 Å². The molecule has 1 fully saturated rings. The van der Waals surface area contributed by atoms with E-state index >= 15 is 0 Å². The van der Waals surface area contributed by atoms with Crippen LogP contribution in [0.25, 0.3) is 10.8 Å². The first-order valence-corrected chi connectivity index (χ1v) is 8.78. The third-order valence-electron chi connectivity index (χ3n) is 5.36. The molecule has 1 aliphatic carbocycles. The summed E-state index contributed by atoms with van der Waals surface area (Å²) in [6.07, 6.45) is 2.05. The lowest BCUT2D eigenvalue weighted by Crippen LogP contribution is -2.22. The van der Waals surface area contributed by atoms with E-state index in [1.54, 1.807) is 0 Å². The van der Waals surface area contributed by atoms with E-state index in [0.29, 0.717) is 11.5 Å². The standard InChI is InChI=1S/C22H22N2O.ClH/c1-2-22(23)14-20(22)16-9-11-19(12-10-16)24-21(25)18-8-7-15-5-3-4-6-17(15)13-18;/h3-13,20H,2,14,23H2,1H3,(H,24,25);1H. The Morgan fingerprint density at radius 1 is 1.08 bits per heavy atom. The smallest absolute Gasteiger partial charge is 0.255 e. The average Bonchev–Trinajstić information content (AvgIpc) is 3.34. The highest BCUT2D eigenvalue weighted by Crippen LogP contribution is 2.51. The number of rotatable bonds is 4. The second kappa shape index (κ2) is 7.10. The Bertz CT molecular complexity index is 938. The fourth-order valence-corrected chi connectivity index (χ4v) is 3.49. The Morgan fingerprint density at radius 2 is 1.77 bits per heavy atom. The molecule has 3 aromatic rings. The highest BCUT2D eigenvalue weighted by atomic mass is 35.5. The summed E-state index contributed by atoms with van der Waals surface area (Å²) in [5.41, 5.74) is 8.99. The van der Waals surface area contributed by atoms with Crippen molar-refractivity contribution in [2.24, 2.45) is 5.73 Å². The zero-order valence-corrected chi connectivity index (χ0v) is 15.6. The molecule has 1 aliphatic rings. The van der Waals surface area contributed by atoms with Gasteiger partial charge in [-0.3, -0.25) is 4.79 Å². The number of fused-ring (bicyclic) bond motifs is 1. The van der Waals surface area contributed by atoms with E-state index in [2.05, 4.69) is 24.4 Å². The SMILES string of the molecule is CCC1(N)CC1c1ccc(NC(=O)c2ccc3ccccc3c2)cc1.Cl. The van der Waals surface area contributed by atoms with Crippen LogP contribution in [0.1, 0.15) is 41.6 Å². The van der Waals surface area contributed by atoms with Crippen LogP contribution in [0.15, 0.2) is 66.7 Å². The van der Waals surface area contributed by atoms with Crippen molar-refractivity contribution in [3.05, 3.63) is 77.9 Å². The molecule has 0 spiro atoms. The lowest BCUT2D eigenvalue weighted by molar-refractivity contribution is 0.102. The average molecular weight is 367 g/mol.